The first kappa shape index (κ1) is 9.43. The lowest BCUT2D eigenvalue weighted by atomic mass is 10.3. The molecule has 0 aromatic heterocycles. The molecule has 0 amide bonds. The zero-order chi connectivity index (χ0) is 7.98. The van der Waals surface area contributed by atoms with Crippen molar-refractivity contribution in [3.63, 3.8) is 0 Å². The molecule has 3 heteroatoms. The Labute approximate surface area is 61.5 Å². The summed E-state index contributed by atoms with van der Waals surface area (Å²) < 4.78 is 4.78. The van der Waals surface area contributed by atoms with E-state index in [0.29, 0.717) is 6.61 Å². The van der Waals surface area contributed by atoms with Gasteiger partial charge in [0, 0.05) is 0 Å². The van der Waals surface area contributed by atoms with Gasteiger partial charge in [-0.05, 0) is 13.3 Å². The molecule has 0 radical (unpaired) electrons. The maximum Gasteiger partial charge on any atom is 0.322 e. The van der Waals surface area contributed by atoms with Crippen molar-refractivity contribution in [2.45, 2.75) is 32.7 Å². The van der Waals surface area contributed by atoms with E-state index in [1.165, 1.54) is 0 Å². The van der Waals surface area contributed by atoms with Gasteiger partial charge in [-0.2, -0.15) is 0 Å². The van der Waals surface area contributed by atoms with Crippen LogP contribution >= 0.6 is 0 Å². The van der Waals surface area contributed by atoms with Crippen molar-refractivity contribution in [3.05, 3.63) is 0 Å². The molecule has 0 saturated heterocycles. The van der Waals surface area contributed by atoms with Crippen molar-refractivity contribution in [1.82, 2.24) is 0 Å². The Morgan fingerprint density at radius 2 is 2.30 bits per heavy atom. The largest absolute Gasteiger partial charge is 0.465 e. The lowest BCUT2D eigenvalue weighted by Gasteiger charge is -2.04. The van der Waals surface area contributed by atoms with E-state index in [-0.39, 0.29) is 5.97 Å². The maximum atomic E-state index is 10.7. The van der Waals surface area contributed by atoms with Crippen molar-refractivity contribution < 1.29 is 9.53 Å². The summed E-state index contributed by atoms with van der Waals surface area (Å²) in [5.74, 6) is -0.312. The molecule has 0 aliphatic heterocycles. The minimum Gasteiger partial charge on any atom is -0.465 e. The van der Waals surface area contributed by atoms with E-state index in [0.717, 1.165) is 12.8 Å². The van der Waals surface area contributed by atoms with Crippen LogP contribution in [0, 0.1) is 0 Å². The number of carbonyl (C=O) groups excluding carboxylic acids is 1. The second-order valence-corrected chi connectivity index (χ2v) is 2.31. The van der Waals surface area contributed by atoms with Crippen LogP contribution in [-0.4, -0.2) is 18.6 Å². The minimum absolute atomic E-state index is 0.312. The normalized spacial score (nSPS) is 12.7. The molecule has 10 heavy (non-hydrogen) atoms. The van der Waals surface area contributed by atoms with E-state index in [1.54, 1.807) is 6.92 Å². The van der Waals surface area contributed by atoms with E-state index in [2.05, 4.69) is 0 Å². The smallest absolute Gasteiger partial charge is 0.322 e. The molecular weight excluding hydrogens is 130 g/mol. The van der Waals surface area contributed by atoms with E-state index in [4.69, 9.17) is 10.5 Å². The predicted octanol–water partition coefficient (Wildman–Crippen LogP) is 0.677. The van der Waals surface area contributed by atoms with Crippen LogP contribution in [0.4, 0.5) is 0 Å². The average Bonchev–Trinajstić information content (AvgIpc) is 1.88. The third kappa shape index (κ3) is 4.32. The molecule has 0 aliphatic carbocycles. The van der Waals surface area contributed by atoms with Crippen molar-refractivity contribution in [1.29, 1.82) is 0 Å². The Bertz CT molecular complexity index is 102. The summed E-state index contributed by atoms with van der Waals surface area (Å²) in [6, 6.07) is -0.489. The zero-order valence-electron chi connectivity index (χ0n) is 6.59. The fourth-order valence-corrected chi connectivity index (χ4v) is 0.449. The van der Waals surface area contributed by atoms with Gasteiger partial charge in [-0.15, -0.1) is 0 Å². The molecule has 0 aromatic rings. The highest BCUT2D eigenvalue weighted by atomic mass is 16.5. The van der Waals surface area contributed by atoms with Gasteiger partial charge in [-0.25, -0.2) is 0 Å². The van der Waals surface area contributed by atoms with Crippen LogP contribution in [0.2, 0.25) is 0 Å². The minimum atomic E-state index is -0.489. The quantitative estimate of drug-likeness (QED) is 0.467. The molecule has 0 unspecified atom stereocenters. The summed E-state index contributed by atoms with van der Waals surface area (Å²) in [6.45, 7) is 4.16. The molecule has 60 valence electrons. The molecule has 0 aromatic carbocycles. The summed E-state index contributed by atoms with van der Waals surface area (Å²) in [7, 11) is 0. The first-order valence-electron chi connectivity index (χ1n) is 3.60. The Balaban J connectivity index is 3.22. The summed E-state index contributed by atoms with van der Waals surface area (Å²) in [5, 5.41) is 0. The van der Waals surface area contributed by atoms with Gasteiger partial charge in [0.15, 0.2) is 0 Å². The molecule has 0 heterocycles. The number of ether oxygens (including phenoxy) is 1. The molecule has 1 atom stereocenters. The number of nitrogens with two attached hydrogens (primary N) is 1. The number of hydrogen-bond donors (Lipinski definition) is 1. The van der Waals surface area contributed by atoms with Crippen LogP contribution in [-0.2, 0) is 9.53 Å². The molecular formula is C7H15NO2. The van der Waals surface area contributed by atoms with Crippen LogP contribution in [0.3, 0.4) is 0 Å². The molecule has 0 saturated carbocycles. The Morgan fingerprint density at radius 1 is 1.70 bits per heavy atom. The first-order chi connectivity index (χ1) is 4.68. The monoisotopic (exact) mass is 145 g/mol. The zero-order valence-corrected chi connectivity index (χ0v) is 6.59. The average molecular weight is 145 g/mol. The van der Waals surface area contributed by atoms with Gasteiger partial charge in [-0.3, -0.25) is 4.79 Å². The highest BCUT2D eigenvalue weighted by Gasteiger charge is 2.06. The van der Waals surface area contributed by atoms with E-state index >= 15 is 0 Å². The fraction of sp³-hybridized carbons (Fsp3) is 0.857. The first-order valence-corrected chi connectivity index (χ1v) is 3.60. The molecule has 0 bridgehead atoms. The highest BCUT2D eigenvalue weighted by Crippen LogP contribution is 1.90. The van der Waals surface area contributed by atoms with Gasteiger partial charge in [0.05, 0.1) is 6.61 Å². The standard InChI is InChI=1S/C7H15NO2/c1-3-4-5-10-7(9)6(2)8/h6H,3-5,8H2,1-2H3/t6-/m1/s1. The number of esters is 1. The Hall–Kier alpha value is -0.570. The molecule has 0 rings (SSSR count). The molecule has 0 spiro atoms. The van der Waals surface area contributed by atoms with Crippen molar-refractivity contribution >= 4 is 5.97 Å². The van der Waals surface area contributed by atoms with Gasteiger partial charge in [0.1, 0.15) is 6.04 Å². The number of unbranched alkanes of at least 4 members (excludes halogenated alkanes) is 1. The summed E-state index contributed by atoms with van der Waals surface area (Å²) in [4.78, 5) is 10.7. The maximum absolute atomic E-state index is 10.7. The van der Waals surface area contributed by atoms with Crippen LogP contribution in [0.25, 0.3) is 0 Å². The molecule has 0 fully saturated rings. The molecule has 3 nitrogen and oxygen atoms in total. The predicted molar refractivity (Wildman–Crippen MR) is 39.5 cm³/mol. The van der Waals surface area contributed by atoms with E-state index in [1.807, 2.05) is 6.92 Å². The third-order valence-electron chi connectivity index (χ3n) is 1.11. The van der Waals surface area contributed by atoms with Crippen molar-refractivity contribution in [3.8, 4) is 0 Å². The van der Waals surface area contributed by atoms with Crippen molar-refractivity contribution in [2.75, 3.05) is 6.61 Å². The third-order valence-corrected chi connectivity index (χ3v) is 1.11. The van der Waals surface area contributed by atoms with Gasteiger partial charge in [0.2, 0.25) is 0 Å². The van der Waals surface area contributed by atoms with Gasteiger partial charge < -0.3 is 10.5 Å². The fourth-order valence-electron chi connectivity index (χ4n) is 0.449. The summed E-state index contributed by atoms with van der Waals surface area (Å²) in [5.41, 5.74) is 5.24. The number of hydrogen-bond acceptors (Lipinski definition) is 3. The SMILES string of the molecule is CCCCOC(=O)[C@@H](C)N. The second-order valence-electron chi connectivity index (χ2n) is 2.31. The van der Waals surface area contributed by atoms with Crippen molar-refractivity contribution in [2.24, 2.45) is 5.73 Å². The Morgan fingerprint density at radius 3 is 2.70 bits per heavy atom. The van der Waals surface area contributed by atoms with E-state index < -0.39 is 6.04 Å². The second kappa shape index (κ2) is 5.23. The number of rotatable bonds is 4. The van der Waals surface area contributed by atoms with Crippen LogP contribution in [0.1, 0.15) is 26.7 Å². The summed E-state index contributed by atoms with van der Waals surface area (Å²) >= 11 is 0. The topological polar surface area (TPSA) is 52.3 Å². The van der Waals surface area contributed by atoms with Crippen LogP contribution < -0.4 is 5.73 Å². The summed E-state index contributed by atoms with van der Waals surface area (Å²) in [6.07, 6.45) is 1.95. The van der Waals surface area contributed by atoms with Gasteiger partial charge in [0.25, 0.3) is 0 Å². The van der Waals surface area contributed by atoms with Crippen LogP contribution in [0.15, 0.2) is 0 Å². The lowest BCUT2D eigenvalue weighted by Crippen LogP contribution is -2.28. The molecule has 0 aliphatic rings. The molecule has 2 N–H and O–H groups in total. The lowest BCUT2D eigenvalue weighted by molar-refractivity contribution is -0.144. The van der Waals surface area contributed by atoms with Gasteiger partial charge >= 0.3 is 5.97 Å². The van der Waals surface area contributed by atoms with Crippen LogP contribution in [0.5, 0.6) is 0 Å². The Kier molecular flexibility index (Phi) is 4.94. The number of carbonyl (C=O) groups is 1. The van der Waals surface area contributed by atoms with E-state index in [9.17, 15) is 4.79 Å². The van der Waals surface area contributed by atoms with Gasteiger partial charge in [-0.1, -0.05) is 13.3 Å². The highest BCUT2D eigenvalue weighted by molar-refractivity contribution is 5.74.